The minimum Gasteiger partial charge on any atom is -0.416 e. The van der Waals surface area contributed by atoms with E-state index in [2.05, 4.69) is 70.8 Å². The third kappa shape index (κ3) is 14.6. The van der Waals surface area contributed by atoms with Gasteiger partial charge in [-0.15, -0.1) is 5.73 Å². The molecule has 0 aliphatic carbocycles. The summed E-state index contributed by atoms with van der Waals surface area (Å²) in [5.74, 6) is 0. The Labute approximate surface area is 166 Å². The molecule has 0 spiro atoms. The standard InChI is InChI=1S/C24H46OSi/c1-7-8-9-10-11-12-13-14-15-16-17-18-19-20-21-22-23-25-26(5,6)24(2,3)4/h16-17,19,21H,7-15,18,22-23H2,1-6H3/b17-16-. The van der Waals surface area contributed by atoms with Crippen molar-refractivity contribution in [1.29, 1.82) is 0 Å². The Kier molecular flexibility index (Phi) is 15.2. The molecule has 152 valence electrons. The Morgan fingerprint density at radius 2 is 1.42 bits per heavy atom. The van der Waals surface area contributed by atoms with Crippen molar-refractivity contribution in [3.05, 3.63) is 30.0 Å². The molecule has 0 amide bonds. The van der Waals surface area contributed by atoms with Crippen LogP contribution in [0, 0.1) is 0 Å². The lowest BCUT2D eigenvalue weighted by molar-refractivity contribution is 0.294. The van der Waals surface area contributed by atoms with Gasteiger partial charge in [-0.25, -0.2) is 0 Å². The van der Waals surface area contributed by atoms with E-state index in [9.17, 15) is 0 Å². The summed E-state index contributed by atoms with van der Waals surface area (Å²) in [4.78, 5) is 0. The monoisotopic (exact) mass is 378 g/mol. The van der Waals surface area contributed by atoms with Crippen molar-refractivity contribution < 1.29 is 4.43 Å². The number of hydrogen-bond donors (Lipinski definition) is 0. The van der Waals surface area contributed by atoms with Gasteiger partial charge in [0.1, 0.15) is 0 Å². The van der Waals surface area contributed by atoms with Gasteiger partial charge < -0.3 is 4.43 Å². The first-order valence-corrected chi connectivity index (χ1v) is 13.9. The van der Waals surface area contributed by atoms with E-state index in [0.717, 1.165) is 19.4 Å². The molecule has 0 aromatic carbocycles. The van der Waals surface area contributed by atoms with Gasteiger partial charge >= 0.3 is 0 Å². The van der Waals surface area contributed by atoms with Gasteiger partial charge in [0.2, 0.25) is 0 Å². The second-order valence-electron chi connectivity index (χ2n) is 8.94. The molecule has 0 unspecified atom stereocenters. The van der Waals surface area contributed by atoms with E-state index in [1.165, 1.54) is 57.8 Å². The molecule has 0 bridgehead atoms. The van der Waals surface area contributed by atoms with E-state index in [0.29, 0.717) is 5.04 Å². The Morgan fingerprint density at radius 3 is 2.04 bits per heavy atom. The van der Waals surface area contributed by atoms with Crippen LogP contribution in [-0.4, -0.2) is 14.9 Å². The smallest absolute Gasteiger partial charge is 0.191 e. The van der Waals surface area contributed by atoms with Gasteiger partial charge in [0, 0.05) is 6.61 Å². The van der Waals surface area contributed by atoms with Crippen molar-refractivity contribution in [2.75, 3.05) is 6.61 Å². The molecular weight excluding hydrogens is 332 g/mol. The average molecular weight is 379 g/mol. The molecule has 0 aliphatic heterocycles. The van der Waals surface area contributed by atoms with Gasteiger partial charge in [-0.05, 0) is 56.0 Å². The van der Waals surface area contributed by atoms with Crippen LogP contribution in [0.15, 0.2) is 30.0 Å². The zero-order chi connectivity index (χ0) is 19.7. The predicted octanol–water partition coefficient (Wildman–Crippen LogP) is 8.59. The van der Waals surface area contributed by atoms with Gasteiger partial charge in [-0.2, -0.15) is 0 Å². The van der Waals surface area contributed by atoms with Crippen LogP contribution in [0.25, 0.3) is 0 Å². The summed E-state index contributed by atoms with van der Waals surface area (Å²) in [5, 5.41) is 0.298. The van der Waals surface area contributed by atoms with E-state index in [4.69, 9.17) is 4.43 Å². The van der Waals surface area contributed by atoms with Crippen molar-refractivity contribution in [2.45, 2.75) is 116 Å². The van der Waals surface area contributed by atoms with Crippen molar-refractivity contribution in [1.82, 2.24) is 0 Å². The molecule has 0 aromatic rings. The Morgan fingerprint density at radius 1 is 0.808 bits per heavy atom. The van der Waals surface area contributed by atoms with E-state index in [1.807, 2.05) is 0 Å². The van der Waals surface area contributed by atoms with E-state index >= 15 is 0 Å². The van der Waals surface area contributed by atoms with Gasteiger partial charge in [0.05, 0.1) is 0 Å². The quantitative estimate of drug-likeness (QED) is 0.120. The lowest BCUT2D eigenvalue weighted by Crippen LogP contribution is -2.40. The van der Waals surface area contributed by atoms with E-state index in [1.54, 1.807) is 0 Å². The Balaban J connectivity index is 3.57. The van der Waals surface area contributed by atoms with Crippen molar-refractivity contribution in [3.8, 4) is 0 Å². The maximum atomic E-state index is 6.15. The summed E-state index contributed by atoms with van der Waals surface area (Å²) in [6.07, 6.45) is 23.2. The summed E-state index contributed by atoms with van der Waals surface area (Å²) in [7, 11) is -1.58. The highest BCUT2D eigenvalue weighted by Gasteiger charge is 2.36. The zero-order valence-electron chi connectivity index (χ0n) is 18.7. The summed E-state index contributed by atoms with van der Waals surface area (Å²) in [5.41, 5.74) is 3.28. The summed E-state index contributed by atoms with van der Waals surface area (Å²) < 4.78 is 6.15. The van der Waals surface area contributed by atoms with Crippen molar-refractivity contribution in [2.24, 2.45) is 0 Å². The topological polar surface area (TPSA) is 9.23 Å². The number of allylic oxidation sites excluding steroid dienone is 2. The second kappa shape index (κ2) is 15.5. The first kappa shape index (κ1) is 25.4. The number of hydrogen-bond acceptors (Lipinski definition) is 1. The van der Waals surface area contributed by atoms with Crippen molar-refractivity contribution >= 4 is 8.32 Å². The highest BCUT2D eigenvalue weighted by Crippen LogP contribution is 2.36. The van der Waals surface area contributed by atoms with Crippen molar-refractivity contribution in [3.63, 3.8) is 0 Å². The van der Waals surface area contributed by atoms with Crippen LogP contribution in [0.1, 0.15) is 98.3 Å². The number of unbranched alkanes of at least 4 members (excludes halogenated alkanes) is 8. The zero-order valence-corrected chi connectivity index (χ0v) is 19.7. The first-order valence-electron chi connectivity index (χ1n) is 11.0. The summed E-state index contributed by atoms with van der Waals surface area (Å²) in [6, 6.07) is 0. The van der Waals surface area contributed by atoms with E-state index < -0.39 is 8.32 Å². The van der Waals surface area contributed by atoms with Crippen LogP contribution >= 0.6 is 0 Å². The fourth-order valence-corrected chi connectivity index (χ4v) is 3.56. The molecule has 26 heavy (non-hydrogen) atoms. The Bertz CT molecular complexity index is 408. The minimum atomic E-state index is -1.58. The minimum absolute atomic E-state index is 0.298. The molecule has 1 nitrogen and oxygen atoms in total. The third-order valence-electron chi connectivity index (χ3n) is 5.41. The summed E-state index contributed by atoms with van der Waals surface area (Å²) in [6.45, 7) is 14.6. The molecule has 0 fully saturated rings. The molecule has 2 heteroatoms. The second-order valence-corrected chi connectivity index (χ2v) is 13.8. The number of rotatable bonds is 15. The predicted molar refractivity (Wildman–Crippen MR) is 121 cm³/mol. The molecule has 0 radical (unpaired) electrons. The van der Waals surface area contributed by atoms with Crippen LogP contribution in [0.2, 0.25) is 18.1 Å². The lowest BCUT2D eigenvalue weighted by atomic mass is 10.1. The summed E-state index contributed by atoms with van der Waals surface area (Å²) >= 11 is 0. The van der Waals surface area contributed by atoms with Crippen LogP contribution in [0.5, 0.6) is 0 Å². The van der Waals surface area contributed by atoms with Crippen LogP contribution in [0.3, 0.4) is 0 Å². The first-order chi connectivity index (χ1) is 12.3. The van der Waals surface area contributed by atoms with Crippen LogP contribution in [0.4, 0.5) is 0 Å². The molecule has 0 saturated heterocycles. The fourth-order valence-electron chi connectivity index (χ4n) is 2.50. The van der Waals surface area contributed by atoms with E-state index in [-0.39, 0.29) is 0 Å². The molecule has 0 saturated carbocycles. The highest BCUT2D eigenvalue weighted by atomic mass is 28.4. The van der Waals surface area contributed by atoms with Gasteiger partial charge in [0.25, 0.3) is 0 Å². The van der Waals surface area contributed by atoms with Crippen LogP contribution in [-0.2, 0) is 4.43 Å². The van der Waals surface area contributed by atoms with Gasteiger partial charge in [-0.1, -0.05) is 84.8 Å². The highest BCUT2D eigenvalue weighted by molar-refractivity contribution is 6.74. The molecule has 0 aromatic heterocycles. The third-order valence-corrected chi connectivity index (χ3v) is 9.95. The largest absolute Gasteiger partial charge is 0.416 e. The Hall–Kier alpha value is -0.563. The fraction of sp³-hybridized carbons (Fsp3) is 0.792. The maximum Gasteiger partial charge on any atom is 0.191 e. The molecular formula is C24H46OSi. The van der Waals surface area contributed by atoms with Gasteiger partial charge in [-0.3, -0.25) is 0 Å². The molecule has 0 heterocycles. The maximum absolute atomic E-state index is 6.15. The molecule has 0 rings (SSSR count). The SMILES string of the molecule is CCCCCCCCCC/C=C\CC=C=CCCO[Si](C)(C)C(C)(C)C. The normalized spacial score (nSPS) is 12.4. The molecule has 0 aliphatic rings. The average Bonchev–Trinajstić information content (AvgIpc) is 2.56. The van der Waals surface area contributed by atoms with Crippen LogP contribution < -0.4 is 0 Å². The molecule has 0 atom stereocenters. The van der Waals surface area contributed by atoms with Gasteiger partial charge in [0.15, 0.2) is 8.32 Å². The molecule has 0 N–H and O–H groups in total. The lowest BCUT2D eigenvalue weighted by Gasteiger charge is -2.36.